The van der Waals surface area contributed by atoms with Gasteiger partial charge in [-0.1, -0.05) is 139 Å². The SMILES string of the molecule is Cc1ccc(P(CC(C)(CC2=CC=CC2)CP(c2ccccc2)c2ccccc2)c2ccc(C)cc2C)c(C)c1. The number of rotatable bonds is 10. The van der Waals surface area contributed by atoms with Crippen LogP contribution in [0.5, 0.6) is 0 Å². The summed E-state index contributed by atoms with van der Waals surface area (Å²) in [5.41, 5.74) is 7.29. The number of hydrogen-bond acceptors (Lipinski definition) is 0. The van der Waals surface area contributed by atoms with Gasteiger partial charge >= 0.3 is 0 Å². The quantitative estimate of drug-likeness (QED) is 0.170. The van der Waals surface area contributed by atoms with Gasteiger partial charge in [-0.15, -0.1) is 0 Å². The van der Waals surface area contributed by atoms with Gasteiger partial charge in [-0.2, -0.15) is 0 Å². The molecule has 0 amide bonds. The van der Waals surface area contributed by atoms with E-state index in [1.54, 1.807) is 16.2 Å². The molecule has 0 radical (unpaired) electrons. The van der Waals surface area contributed by atoms with Gasteiger partial charge in [0.2, 0.25) is 0 Å². The summed E-state index contributed by atoms with van der Waals surface area (Å²) in [4.78, 5) is 0. The topological polar surface area (TPSA) is 0 Å². The molecule has 204 valence electrons. The second-order valence-electron chi connectivity index (χ2n) is 11.9. The molecular formula is C38H42P2. The molecule has 40 heavy (non-hydrogen) atoms. The number of aryl methyl sites for hydroxylation is 4. The maximum Gasteiger partial charge on any atom is -0.0132 e. The van der Waals surface area contributed by atoms with Crippen molar-refractivity contribution in [3.05, 3.63) is 143 Å². The van der Waals surface area contributed by atoms with Gasteiger partial charge in [0.25, 0.3) is 0 Å². The molecule has 4 aromatic carbocycles. The van der Waals surface area contributed by atoms with Crippen LogP contribution in [-0.2, 0) is 0 Å². The van der Waals surface area contributed by atoms with Crippen molar-refractivity contribution in [1.29, 1.82) is 0 Å². The van der Waals surface area contributed by atoms with Gasteiger partial charge in [0.05, 0.1) is 0 Å². The minimum Gasteiger partial charge on any atom is -0.0805 e. The van der Waals surface area contributed by atoms with Crippen molar-refractivity contribution in [3.63, 3.8) is 0 Å². The van der Waals surface area contributed by atoms with Crippen molar-refractivity contribution >= 4 is 37.1 Å². The molecule has 1 aliphatic carbocycles. The molecule has 0 N–H and O–H groups in total. The molecule has 0 spiro atoms. The highest BCUT2D eigenvalue weighted by Gasteiger charge is 2.35. The lowest BCUT2D eigenvalue weighted by atomic mass is 9.87. The Morgan fingerprint density at radius 2 is 1.12 bits per heavy atom. The first-order valence-corrected chi connectivity index (χ1v) is 17.5. The second-order valence-corrected chi connectivity index (χ2v) is 16.2. The molecule has 2 heteroatoms. The van der Waals surface area contributed by atoms with Gasteiger partial charge in [0.15, 0.2) is 0 Å². The molecule has 0 saturated carbocycles. The van der Waals surface area contributed by atoms with Crippen LogP contribution in [0, 0.1) is 33.1 Å². The van der Waals surface area contributed by atoms with Crippen molar-refractivity contribution in [1.82, 2.24) is 0 Å². The van der Waals surface area contributed by atoms with E-state index in [4.69, 9.17) is 0 Å². The summed E-state index contributed by atoms with van der Waals surface area (Å²) in [5.74, 6) is 0. The molecule has 4 aromatic rings. The Balaban J connectivity index is 1.61. The normalized spacial score (nSPS) is 14.5. The van der Waals surface area contributed by atoms with Crippen LogP contribution in [0.2, 0.25) is 0 Å². The fraction of sp³-hybridized carbons (Fsp3) is 0.263. The van der Waals surface area contributed by atoms with E-state index in [2.05, 4.69) is 150 Å². The molecule has 0 aromatic heterocycles. The highest BCUT2D eigenvalue weighted by molar-refractivity contribution is 7.74. The third-order valence-electron chi connectivity index (χ3n) is 8.00. The average molecular weight is 561 g/mol. The van der Waals surface area contributed by atoms with Gasteiger partial charge in [0, 0.05) is 0 Å². The van der Waals surface area contributed by atoms with Crippen LogP contribution in [0.4, 0.5) is 0 Å². The molecule has 1 unspecified atom stereocenters. The lowest BCUT2D eigenvalue weighted by Crippen LogP contribution is -2.33. The standard InChI is InChI=1S/C38H42P2/c1-29-20-22-36(31(3)24-29)40(37-23-21-30(2)25-32(37)4)28-38(5,26-33-14-12-13-15-33)27-39(34-16-8-6-9-17-34)35-18-10-7-11-19-35/h6-14,16-25H,15,26-28H2,1-5H3. The molecule has 1 atom stereocenters. The summed E-state index contributed by atoms with van der Waals surface area (Å²) in [6.07, 6.45) is 11.6. The van der Waals surface area contributed by atoms with E-state index in [1.165, 1.54) is 45.2 Å². The molecular weight excluding hydrogens is 518 g/mol. The predicted octanol–water partition coefficient (Wildman–Crippen LogP) is 8.77. The van der Waals surface area contributed by atoms with E-state index in [0.717, 1.165) is 12.8 Å². The van der Waals surface area contributed by atoms with E-state index in [0.29, 0.717) is 0 Å². The van der Waals surface area contributed by atoms with E-state index in [1.807, 2.05) is 0 Å². The number of allylic oxidation sites excluding steroid dienone is 4. The predicted molar refractivity (Wildman–Crippen MR) is 181 cm³/mol. The fourth-order valence-corrected chi connectivity index (χ4v) is 12.1. The zero-order chi connectivity index (χ0) is 28.1. The second kappa shape index (κ2) is 12.8. The van der Waals surface area contributed by atoms with Crippen LogP contribution < -0.4 is 21.2 Å². The first kappa shape index (κ1) is 28.7. The maximum atomic E-state index is 2.59. The van der Waals surface area contributed by atoms with E-state index in [-0.39, 0.29) is 5.41 Å². The molecule has 0 saturated heterocycles. The minimum absolute atomic E-state index is 0.148. The minimum atomic E-state index is -0.531. The molecule has 0 aliphatic heterocycles. The molecule has 0 bridgehead atoms. The van der Waals surface area contributed by atoms with Crippen molar-refractivity contribution < 1.29 is 0 Å². The van der Waals surface area contributed by atoms with Gasteiger partial charge in [-0.05, 0) is 106 Å². The number of hydrogen-bond donors (Lipinski definition) is 0. The number of benzene rings is 4. The van der Waals surface area contributed by atoms with Gasteiger partial charge in [0.1, 0.15) is 0 Å². The monoisotopic (exact) mass is 560 g/mol. The first-order chi connectivity index (χ1) is 19.3. The summed E-state index contributed by atoms with van der Waals surface area (Å²) >= 11 is 0. The molecule has 0 fully saturated rings. The lowest BCUT2D eigenvalue weighted by molar-refractivity contribution is 0.424. The van der Waals surface area contributed by atoms with Gasteiger partial charge in [-0.3, -0.25) is 0 Å². The highest BCUT2D eigenvalue weighted by atomic mass is 31.1. The zero-order valence-corrected chi connectivity index (χ0v) is 26.5. The summed E-state index contributed by atoms with van der Waals surface area (Å²) in [6.45, 7) is 11.7. The fourth-order valence-electron chi connectivity index (χ4n) is 6.16. The average Bonchev–Trinajstić information content (AvgIpc) is 3.45. The van der Waals surface area contributed by atoms with Crippen molar-refractivity contribution in [2.24, 2.45) is 5.41 Å². The van der Waals surface area contributed by atoms with Crippen LogP contribution >= 0.6 is 15.8 Å². The largest absolute Gasteiger partial charge is 0.0805 e. The first-order valence-electron chi connectivity index (χ1n) is 14.5. The van der Waals surface area contributed by atoms with Gasteiger partial charge in [-0.25, -0.2) is 0 Å². The Morgan fingerprint density at radius 1 is 0.625 bits per heavy atom. The van der Waals surface area contributed by atoms with Crippen LogP contribution in [0.1, 0.15) is 42.0 Å². The molecule has 0 nitrogen and oxygen atoms in total. The summed E-state index contributed by atoms with van der Waals surface area (Å²) < 4.78 is 0. The van der Waals surface area contributed by atoms with Crippen molar-refractivity contribution in [2.75, 3.05) is 12.3 Å². The Hall–Kier alpha value is -2.78. The van der Waals surface area contributed by atoms with Gasteiger partial charge < -0.3 is 0 Å². The maximum absolute atomic E-state index is 2.59. The van der Waals surface area contributed by atoms with Crippen LogP contribution in [0.15, 0.2) is 121 Å². The third kappa shape index (κ3) is 6.92. The summed E-state index contributed by atoms with van der Waals surface area (Å²) in [6, 6.07) is 36.9. The van der Waals surface area contributed by atoms with E-state index >= 15 is 0 Å². The Bertz CT molecular complexity index is 1410. The van der Waals surface area contributed by atoms with Crippen molar-refractivity contribution in [3.8, 4) is 0 Å². The third-order valence-corrected chi connectivity index (χ3v) is 14.2. The van der Waals surface area contributed by atoms with Crippen LogP contribution in [0.3, 0.4) is 0 Å². The summed E-state index contributed by atoms with van der Waals surface area (Å²) in [5, 5.41) is 6.05. The van der Waals surface area contributed by atoms with Crippen molar-refractivity contribution in [2.45, 2.75) is 47.5 Å². The molecule has 0 heterocycles. The lowest BCUT2D eigenvalue weighted by Gasteiger charge is -2.39. The Morgan fingerprint density at radius 3 is 1.57 bits per heavy atom. The Kier molecular flexibility index (Phi) is 9.20. The van der Waals surface area contributed by atoms with E-state index < -0.39 is 15.8 Å². The Labute approximate surface area is 244 Å². The highest BCUT2D eigenvalue weighted by Crippen LogP contribution is 2.51. The smallest absolute Gasteiger partial charge is 0.0132 e. The molecule has 1 aliphatic rings. The summed E-state index contributed by atoms with van der Waals surface area (Å²) in [7, 11) is -1.02. The van der Waals surface area contributed by atoms with Crippen LogP contribution in [-0.4, -0.2) is 12.3 Å². The molecule has 5 rings (SSSR count). The van der Waals surface area contributed by atoms with Crippen LogP contribution in [0.25, 0.3) is 0 Å². The van der Waals surface area contributed by atoms with E-state index in [9.17, 15) is 0 Å². The zero-order valence-electron chi connectivity index (χ0n) is 24.7.